The number of hydrogen-bond donors (Lipinski definition) is 4. The molecule has 1 amide bonds. The zero-order valence-electron chi connectivity index (χ0n) is 17.5. The van der Waals surface area contributed by atoms with Crippen molar-refractivity contribution in [3.63, 3.8) is 0 Å². The summed E-state index contributed by atoms with van der Waals surface area (Å²) in [7, 11) is 2.23. The number of carbonyl (C=O) groups excluding carboxylic acids is 1. The summed E-state index contributed by atoms with van der Waals surface area (Å²) in [5, 5.41) is 10.8. The lowest BCUT2D eigenvalue weighted by Crippen LogP contribution is -2.42. The van der Waals surface area contributed by atoms with Crippen molar-refractivity contribution in [2.45, 2.75) is 20.5 Å². The normalized spacial score (nSPS) is 12.1. The van der Waals surface area contributed by atoms with E-state index in [0.29, 0.717) is 31.1 Å². The smallest absolute Gasteiger partial charge is 0.259 e. The standard InChI is InChI=1S/C21H28N3O5PS/c1-21(2,20(25)23-11-12-28-13-15-7-4-3-5-8-15)14-29-17-10-6-9-16(24-31(26)27)18(17)19(22)30/h3-10,22,24H,11-14,30H2,1-2H3,(H,23,25)(H,26,27). The number of anilines is 1. The van der Waals surface area contributed by atoms with Crippen molar-refractivity contribution in [3.05, 3.63) is 59.7 Å². The molecule has 4 N–H and O–H groups in total. The second kappa shape index (κ2) is 11.9. The maximum Gasteiger partial charge on any atom is 0.259 e. The number of ether oxygens (including phenoxy) is 2. The highest BCUT2D eigenvalue weighted by Crippen LogP contribution is 2.30. The second-order valence-corrected chi connectivity index (χ2v) is 8.69. The molecule has 2 atom stereocenters. The molecule has 0 heterocycles. The molecule has 0 saturated heterocycles. The Bertz CT molecular complexity index is 924. The van der Waals surface area contributed by atoms with Gasteiger partial charge in [0.1, 0.15) is 12.4 Å². The molecule has 31 heavy (non-hydrogen) atoms. The van der Waals surface area contributed by atoms with Gasteiger partial charge in [0.05, 0.1) is 35.3 Å². The van der Waals surface area contributed by atoms with Crippen LogP contribution >= 0.6 is 9.24 Å². The first-order valence-electron chi connectivity index (χ1n) is 9.58. The van der Waals surface area contributed by atoms with Crippen LogP contribution in [0.4, 0.5) is 5.69 Å². The predicted octanol–water partition coefficient (Wildman–Crippen LogP) is 3.17. The van der Waals surface area contributed by atoms with Gasteiger partial charge in [-0.2, -0.15) is 0 Å². The molecule has 0 aliphatic carbocycles. The summed E-state index contributed by atoms with van der Waals surface area (Å²) < 4.78 is 34.0. The highest BCUT2D eigenvalue weighted by Gasteiger charge is 2.29. The topological polar surface area (TPSA) is 121 Å². The number of rotatable bonds is 12. The number of benzene rings is 2. The van der Waals surface area contributed by atoms with Crippen LogP contribution in [0, 0.1) is 10.8 Å². The number of amides is 1. The predicted molar refractivity (Wildman–Crippen MR) is 126 cm³/mol. The van der Waals surface area contributed by atoms with Crippen LogP contribution in [-0.4, -0.2) is 39.9 Å². The fraction of sp³-hybridized carbons (Fsp3) is 0.333. The van der Waals surface area contributed by atoms with E-state index in [1.807, 2.05) is 30.3 Å². The van der Waals surface area contributed by atoms with Crippen LogP contribution in [0.3, 0.4) is 0 Å². The molecule has 0 spiro atoms. The molecule has 0 saturated carbocycles. The van der Waals surface area contributed by atoms with E-state index in [2.05, 4.69) is 19.3 Å². The fourth-order valence-electron chi connectivity index (χ4n) is 2.67. The summed E-state index contributed by atoms with van der Waals surface area (Å²) in [6, 6.07) is 14.6. The van der Waals surface area contributed by atoms with Crippen molar-refractivity contribution in [3.8, 4) is 5.75 Å². The van der Waals surface area contributed by atoms with Crippen LogP contribution in [0.15, 0.2) is 48.5 Å². The van der Waals surface area contributed by atoms with Crippen LogP contribution in [0.2, 0.25) is 0 Å². The minimum atomic E-state index is -2.29. The Balaban J connectivity index is 1.88. The molecule has 2 rings (SSSR count). The third kappa shape index (κ3) is 8.03. The molecular weight excluding hydrogens is 437 g/mol. The summed E-state index contributed by atoms with van der Waals surface area (Å²) in [4.78, 5) is 12.6. The molecule has 0 aromatic heterocycles. The highest BCUT2D eigenvalue weighted by atomic mass is 32.2. The third-order valence-electron chi connectivity index (χ3n) is 4.34. The monoisotopic (exact) mass is 465 g/mol. The van der Waals surface area contributed by atoms with Gasteiger partial charge in [-0.25, -0.2) is 4.21 Å². The van der Waals surface area contributed by atoms with Gasteiger partial charge < -0.3 is 20.2 Å². The molecule has 0 radical (unpaired) electrons. The Kier molecular flexibility index (Phi) is 9.58. The third-order valence-corrected chi connectivity index (χ3v) is 5.02. The zero-order valence-corrected chi connectivity index (χ0v) is 19.5. The Labute approximate surface area is 187 Å². The van der Waals surface area contributed by atoms with Gasteiger partial charge in [-0.3, -0.25) is 14.1 Å². The van der Waals surface area contributed by atoms with Gasteiger partial charge >= 0.3 is 0 Å². The van der Waals surface area contributed by atoms with E-state index in [4.69, 9.17) is 19.4 Å². The van der Waals surface area contributed by atoms with Gasteiger partial charge in [0, 0.05) is 6.54 Å². The van der Waals surface area contributed by atoms with E-state index >= 15 is 0 Å². The molecule has 0 bridgehead atoms. The Morgan fingerprint density at radius 2 is 1.90 bits per heavy atom. The van der Waals surface area contributed by atoms with E-state index in [9.17, 15) is 9.00 Å². The van der Waals surface area contributed by atoms with Gasteiger partial charge in [0.2, 0.25) is 5.91 Å². The van der Waals surface area contributed by atoms with Gasteiger partial charge in [-0.15, -0.1) is 0 Å². The van der Waals surface area contributed by atoms with Gasteiger partial charge in [-0.05, 0) is 31.5 Å². The number of hydrogen-bond acceptors (Lipinski definition) is 5. The van der Waals surface area contributed by atoms with Crippen molar-refractivity contribution >= 4 is 37.6 Å². The molecular formula is C21H28N3O5PS. The summed E-state index contributed by atoms with van der Waals surface area (Å²) in [5.74, 6) is 0.145. The first-order chi connectivity index (χ1) is 14.7. The number of carbonyl (C=O) groups is 1. The summed E-state index contributed by atoms with van der Waals surface area (Å²) in [6.45, 7) is 4.81. The minimum absolute atomic E-state index is 0.0559. The molecule has 0 aliphatic rings. The molecule has 2 aromatic carbocycles. The quantitative estimate of drug-likeness (QED) is 0.166. The minimum Gasteiger partial charge on any atom is -0.492 e. The molecule has 2 aromatic rings. The Hall–Kier alpha value is -2.32. The number of nitrogens with one attached hydrogen (secondary N) is 3. The SMILES string of the molecule is CC(C)(COc1cccc(NS(=O)O)c1C(=N)P)C(=O)NCCOCc1ccccc1. The average Bonchev–Trinajstić information content (AvgIpc) is 2.72. The molecule has 10 heteroatoms. The van der Waals surface area contributed by atoms with Crippen molar-refractivity contribution < 1.29 is 23.0 Å². The second-order valence-electron chi connectivity index (χ2n) is 7.41. The van der Waals surface area contributed by atoms with Crippen molar-refractivity contribution in [1.82, 2.24) is 5.32 Å². The summed E-state index contributed by atoms with van der Waals surface area (Å²) >= 11 is -2.29. The van der Waals surface area contributed by atoms with E-state index < -0.39 is 16.7 Å². The maximum atomic E-state index is 12.6. The summed E-state index contributed by atoms with van der Waals surface area (Å²) in [5.41, 5.74) is 0.931. The lowest BCUT2D eigenvalue weighted by atomic mass is 9.93. The fourth-order valence-corrected chi connectivity index (χ4v) is 3.33. The van der Waals surface area contributed by atoms with Crippen LogP contribution in [0.5, 0.6) is 5.75 Å². The van der Waals surface area contributed by atoms with E-state index in [1.165, 1.54) is 0 Å². The van der Waals surface area contributed by atoms with Crippen molar-refractivity contribution in [1.29, 1.82) is 5.41 Å². The van der Waals surface area contributed by atoms with Crippen LogP contribution in [0.1, 0.15) is 25.0 Å². The van der Waals surface area contributed by atoms with Crippen LogP contribution in [0.25, 0.3) is 0 Å². The van der Waals surface area contributed by atoms with Crippen LogP contribution in [-0.2, 0) is 27.4 Å². The van der Waals surface area contributed by atoms with Gasteiger partial charge in [-0.1, -0.05) is 45.6 Å². The molecule has 0 fully saturated rings. The van der Waals surface area contributed by atoms with Gasteiger partial charge in [0.25, 0.3) is 11.3 Å². The molecule has 2 unspecified atom stereocenters. The average molecular weight is 466 g/mol. The van der Waals surface area contributed by atoms with Gasteiger partial charge in [0.15, 0.2) is 0 Å². The first kappa shape index (κ1) is 24.9. The van der Waals surface area contributed by atoms with Crippen LogP contribution < -0.4 is 14.8 Å². The lowest BCUT2D eigenvalue weighted by molar-refractivity contribution is -0.131. The lowest BCUT2D eigenvalue weighted by Gasteiger charge is -2.25. The van der Waals surface area contributed by atoms with Crippen molar-refractivity contribution in [2.24, 2.45) is 5.41 Å². The summed E-state index contributed by atoms with van der Waals surface area (Å²) in [6.07, 6.45) is 0. The zero-order chi connectivity index (χ0) is 22.9. The Morgan fingerprint density at radius 1 is 1.19 bits per heavy atom. The molecule has 168 valence electrons. The van der Waals surface area contributed by atoms with E-state index in [0.717, 1.165) is 5.56 Å². The molecule has 8 nitrogen and oxygen atoms in total. The Morgan fingerprint density at radius 3 is 2.55 bits per heavy atom. The van der Waals surface area contributed by atoms with E-state index in [-0.39, 0.29) is 23.7 Å². The molecule has 0 aliphatic heterocycles. The van der Waals surface area contributed by atoms with Crippen molar-refractivity contribution in [2.75, 3.05) is 24.5 Å². The van der Waals surface area contributed by atoms with E-state index in [1.54, 1.807) is 32.0 Å². The first-order valence-corrected chi connectivity index (χ1v) is 11.3. The largest absolute Gasteiger partial charge is 0.492 e. The highest BCUT2D eigenvalue weighted by molar-refractivity contribution is 7.80. The maximum absolute atomic E-state index is 12.6.